The van der Waals surface area contributed by atoms with Crippen molar-refractivity contribution >= 4 is 148 Å². The van der Waals surface area contributed by atoms with Crippen LogP contribution in [0.3, 0.4) is 0 Å². The van der Waals surface area contributed by atoms with Gasteiger partial charge in [0.25, 0.3) is 0 Å². The van der Waals surface area contributed by atoms with Crippen LogP contribution < -0.4 is 0 Å². The molecule has 0 spiro atoms. The topological polar surface area (TPSA) is 473 Å². The van der Waals surface area contributed by atoms with Gasteiger partial charge < -0.3 is 0 Å². The first-order valence-electron chi connectivity index (χ1n) is 44.8. The Kier molecular flexibility index (Phi) is 28.9. The van der Waals surface area contributed by atoms with Crippen LogP contribution in [0.1, 0.15) is 146 Å². The summed E-state index contributed by atoms with van der Waals surface area (Å²) in [6.45, 7) is 16.9. The fourth-order valence-corrected chi connectivity index (χ4v) is 20.4. The molecule has 46 heteroatoms. The summed E-state index contributed by atoms with van der Waals surface area (Å²) in [6.07, 6.45) is 39.7. The van der Waals surface area contributed by atoms with Crippen LogP contribution in [0.4, 0.5) is 0 Å². The molecule has 0 saturated carbocycles. The van der Waals surface area contributed by atoms with Gasteiger partial charge in [0.15, 0.2) is 68.6 Å². The first kappa shape index (κ1) is 96.5. The van der Waals surface area contributed by atoms with Gasteiger partial charge in [-0.05, 0) is 150 Å². The number of allylic oxidation sites excluding steroid dienone is 1. The normalized spacial score (nSPS) is 11.6. The average molecular weight is 2040 g/mol. The van der Waals surface area contributed by atoms with Gasteiger partial charge in [0.1, 0.15) is 74.3 Å². The van der Waals surface area contributed by atoms with E-state index in [9.17, 15) is 28.8 Å². The molecule has 1 aliphatic rings. The molecule has 0 atom stereocenters. The number of nitrogens with zero attached hydrogens (tertiary/aromatic N) is 34. The molecule has 23 aromatic rings. The number of rotatable bonds is 25. The molecule has 0 N–H and O–H groups in total. The van der Waals surface area contributed by atoms with Gasteiger partial charge in [-0.2, -0.15) is 20.4 Å². The summed E-state index contributed by atoms with van der Waals surface area (Å²) in [7, 11) is 1.87. The maximum atomic E-state index is 12.9. The molecule has 1 aliphatic heterocycles. The lowest BCUT2D eigenvalue weighted by molar-refractivity contribution is 0.0985. The number of pyridine rings is 7. The van der Waals surface area contributed by atoms with Crippen LogP contribution in [0.2, 0.25) is 0 Å². The first-order valence-corrected chi connectivity index (χ1v) is 50.1. The molecular formula is C99H82N34O6S6. The maximum absolute atomic E-state index is 12.9. The van der Waals surface area contributed by atoms with Crippen LogP contribution in [0.15, 0.2) is 241 Å². The summed E-state index contributed by atoms with van der Waals surface area (Å²) in [5.41, 5.74) is 24.2. The second kappa shape index (κ2) is 43.4. The van der Waals surface area contributed by atoms with Crippen LogP contribution in [0.25, 0.3) is 95.4 Å². The summed E-state index contributed by atoms with van der Waals surface area (Å²) >= 11 is 8.97. The Morgan fingerprint density at radius 1 is 0.310 bits per heavy atom. The molecule has 0 amide bonds. The van der Waals surface area contributed by atoms with E-state index in [0.717, 1.165) is 143 Å². The Morgan fingerprint density at radius 2 is 0.621 bits per heavy atom. The predicted octanol–water partition coefficient (Wildman–Crippen LogP) is 15.6. The third-order valence-corrected chi connectivity index (χ3v) is 28.3. The maximum Gasteiger partial charge on any atom is 0.173 e. The average Bonchev–Trinajstić information content (AvgIpc) is 1.62. The Labute approximate surface area is 847 Å². The molecule has 0 saturated heterocycles. The second-order valence-corrected chi connectivity index (χ2v) is 38.8. The minimum Gasteiger partial charge on any atom is -0.294 e. The second-order valence-electron chi connectivity index (χ2n) is 33.1. The third kappa shape index (κ3) is 22.5. The van der Waals surface area contributed by atoms with Gasteiger partial charge >= 0.3 is 0 Å². The minimum absolute atomic E-state index is 0.000405. The first-order chi connectivity index (χ1) is 70.5. The molecule has 145 heavy (non-hydrogen) atoms. The molecule has 0 aliphatic carbocycles. The Bertz CT molecular complexity index is 8390. The molecule has 23 aromatic heterocycles. The number of ketones is 6. The number of aryl methyl sites for hydroxylation is 8. The van der Waals surface area contributed by atoms with Crippen molar-refractivity contribution in [2.24, 2.45) is 12.0 Å². The van der Waals surface area contributed by atoms with Gasteiger partial charge in [0, 0.05) is 193 Å². The summed E-state index contributed by atoms with van der Waals surface area (Å²) in [5.74, 6) is -0.130. The minimum atomic E-state index is -0.0407. The molecule has 24 rings (SSSR count). The van der Waals surface area contributed by atoms with Crippen LogP contribution in [0.5, 0.6) is 0 Å². The zero-order valence-electron chi connectivity index (χ0n) is 78.8. The smallest absolute Gasteiger partial charge is 0.173 e. The van der Waals surface area contributed by atoms with E-state index in [-0.39, 0.29) is 73.2 Å². The number of aliphatic imine (C=N–C) groups is 1. The number of carbonyl (C=O) groups is 6. The van der Waals surface area contributed by atoms with E-state index in [4.69, 9.17) is 0 Å². The highest BCUT2D eigenvalue weighted by molar-refractivity contribution is 7.11. The van der Waals surface area contributed by atoms with Crippen molar-refractivity contribution in [1.82, 2.24) is 162 Å². The van der Waals surface area contributed by atoms with Gasteiger partial charge in [-0.3, -0.25) is 74.5 Å². The zero-order valence-corrected chi connectivity index (χ0v) is 83.7. The monoisotopic (exact) mass is 2030 g/mol. The van der Waals surface area contributed by atoms with Gasteiger partial charge in [-0.1, -0.05) is 0 Å². The molecule has 0 unspecified atom stereocenters. The highest BCUT2D eigenvalue weighted by atomic mass is 32.1. The summed E-state index contributed by atoms with van der Waals surface area (Å²) in [5, 5.41) is 80.7. The Hall–Kier alpha value is -17.3. The lowest BCUT2D eigenvalue weighted by Crippen LogP contribution is -2.08. The molecule has 24 heterocycles. The number of hydrogen-bond donors (Lipinski definition) is 0. The largest absolute Gasteiger partial charge is 0.294 e. The fraction of sp³-hybridized carbons (Fsp3) is 0.172. The summed E-state index contributed by atoms with van der Waals surface area (Å²) in [6, 6.07) is 20.6. The standard InChI is InChI=1S/C17H16N6OS.C17H15N5OS.C17H13N5OS.C16H12N6OS.C16H14N6OS.C16H12N6OS/c1-3-23-14(4-5-19-23)12-6-13(17-21-18-10-22(17)8-12)15(24)7-16-20-11(2)9-25-16;1-10-3-12(6-18-10)13-4-14(17-21-19-9-22(17)7-13)15(23)5-16-20-11(2)8-24-16;1-11-9-24-16(20-11)7-15(23)14-6-13(12-2-4-18-5-3-12)8-22-10-19-21-17(14)22;1-10-7-24-15(20-10)3-14(23)13-2-11(12-4-17-8-18-5-12)6-22-9-19-21-16(13)22;1-10-8-24-15(19-10)6-14(23)12-5-11(13-3-4-18-21(13)2)7-22-9-17-20-16(12)22;1-10-8-24-15(20-10)5-14(23)13-4-12(11-2-3-17-18-6-11)7-22-9-19-21-16(13)22/h4-6,8-10H,3,7H2,1-2H3;3-4,7-9H,5-6H2,1-2H3;2-6,8-10H,7H2,1H3;2,4-9H,3H2,1H3;3-5,7-9H,6H2,1-2H3;2-4,6-9H,5H2,1H3. The van der Waals surface area contributed by atoms with Gasteiger partial charge in [-0.15, -0.1) is 129 Å². The highest BCUT2D eigenvalue weighted by Crippen LogP contribution is 2.33. The van der Waals surface area contributed by atoms with E-state index in [1.54, 1.807) is 119 Å². The molecule has 720 valence electrons. The summed E-state index contributed by atoms with van der Waals surface area (Å²) in [4.78, 5) is 120. The van der Waals surface area contributed by atoms with Crippen molar-refractivity contribution in [3.63, 3.8) is 0 Å². The van der Waals surface area contributed by atoms with Crippen molar-refractivity contribution in [3.05, 3.63) is 339 Å². The quantitative estimate of drug-likeness (QED) is 0.0480. The molecule has 0 aromatic carbocycles. The van der Waals surface area contributed by atoms with E-state index >= 15 is 0 Å². The lowest BCUT2D eigenvalue weighted by atomic mass is 10.0. The Balaban J connectivity index is 0.000000110. The van der Waals surface area contributed by atoms with Crippen LogP contribution >= 0.6 is 68.0 Å². The molecule has 40 nitrogen and oxygen atoms in total. The number of hydrogen-bond acceptors (Lipinski definition) is 38. The number of Topliss-reactive ketones (excluding diaryl/α,β-unsaturated/α-hetero) is 6. The van der Waals surface area contributed by atoms with Crippen LogP contribution in [-0.4, -0.2) is 209 Å². The number of carbonyl (C=O) groups excluding carboxylic acids is 6. The molecule has 0 bridgehead atoms. The highest BCUT2D eigenvalue weighted by Gasteiger charge is 2.26. The predicted molar refractivity (Wildman–Crippen MR) is 548 cm³/mol. The van der Waals surface area contributed by atoms with Crippen molar-refractivity contribution in [2.75, 3.05) is 6.54 Å². The van der Waals surface area contributed by atoms with Gasteiger partial charge in [0.2, 0.25) is 0 Å². The van der Waals surface area contributed by atoms with Crippen LogP contribution in [0, 0.1) is 41.5 Å². The van der Waals surface area contributed by atoms with E-state index in [1.165, 1.54) is 74.3 Å². The zero-order chi connectivity index (χ0) is 100. The number of fused-ring (bicyclic) bond motifs is 6. The van der Waals surface area contributed by atoms with Gasteiger partial charge in [0.05, 0.1) is 102 Å². The third-order valence-electron chi connectivity index (χ3n) is 22.5. The number of aromatic nitrogens is 33. The summed E-state index contributed by atoms with van der Waals surface area (Å²) < 4.78 is 14.3. The lowest BCUT2D eigenvalue weighted by Gasteiger charge is -2.08. The molecule has 0 fully saturated rings. The van der Waals surface area contributed by atoms with Crippen molar-refractivity contribution < 1.29 is 28.8 Å². The van der Waals surface area contributed by atoms with E-state index in [2.05, 4.69) is 131 Å². The van der Waals surface area contributed by atoms with E-state index < -0.39 is 0 Å². The van der Waals surface area contributed by atoms with Crippen molar-refractivity contribution in [2.45, 2.75) is 100 Å². The molecular weight excluding hydrogens is 1950 g/mol. The Morgan fingerprint density at radius 3 is 0.938 bits per heavy atom. The molecule has 0 radical (unpaired) electrons. The van der Waals surface area contributed by atoms with E-state index in [0.29, 0.717) is 73.8 Å². The number of thiazole rings is 6. The van der Waals surface area contributed by atoms with Crippen LogP contribution in [-0.2, 0) is 52.1 Å². The fourth-order valence-electron chi connectivity index (χ4n) is 15.8. The van der Waals surface area contributed by atoms with Gasteiger partial charge in [-0.25, -0.2) is 39.9 Å². The van der Waals surface area contributed by atoms with E-state index in [1.807, 2.05) is 209 Å². The van der Waals surface area contributed by atoms with Crippen molar-refractivity contribution in [1.29, 1.82) is 0 Å². The SMILES string of the molecule is CC1=NCC(c2cc(C(=O)Cc3nc(C)cs3)c3nncn3c2)=C1.CCn1nccc1-c1cc(C(=O)Cc2nc(C)cs2)c2nncn2c1.Cc1csc(CC(=O)c2cc(-c3ccncc3)cn3cnnc23)n1.Cc1csc(CC(=O)c2cc(-c3ccnn3C)cn3cnnc23)n1.Cc1csc(CC(=O)c2cc(-c3ccnnc3)cn3cnnc23)n1.Cc1csc(CC(=O)c2cc(-c3cncnc3)cn3cnnc23)n1. The van der Waals surface area contributed by atoms with Crippen molar-refractivity contribution in [3.8, 4) is 55.9 Å².